The first-order chi connectivity index (χ1) is 6.45. The van der Waals surface area contributed by atoms with E-state index < -0.39 is 8.56 Å². The van der Waals surface area contributed by atoms with Gasteiger partial charge < -0.3 is 8.85 Å². The lowest BCUT2D eigenvalue weighted by molar-refractivity contribution is -0.139. The molecule has 4 nitrogen and oxygen atoms in total. The molecule has 0 heterocycles. The Morgan fingerprint density at radius 1 is 1.07 bits per heavy atom. The van der Waals surface area contributed by atoms with Crippen LogP contribution in [0.15, 0.2) is 0 Å². The highest BCUT2D eigenvalue weighted by Crippen LogP contribution is 2.21. The van der Waals surface area contributed by atoms with Gasteiger partial charge in [0, 0.05) is 25.9 Å². The van der Waals surface area contributed by atoms with Crippen molar-refractivity contribution in [3.8, 4) is 0 Å². The van der Waals surface area contributed by atoms with E-state index in [-0.39, 0.29) is 11.9 Å². The van der Waals surface area contributed by atoms with E-state index in [0.29, 0.717) is 12.1 Å². The van der Waals surface area contributed by atoms with Gasteiger partial charge in [-0.25, -0.2) is 0 Å². The van der Waals surface area contributed by atoms with Crippen LogP contribution in [0.2, 0.25) is 12.1 Å². The van der Waals surface area contributed by atoms with Crippen LogP contribution in [0.5, 0.6) is 0 Å². The Hall–Kier alpha value is -0.843. The summed E-state index contributed by atoms with van der Waals surface area (Å²) in [6.07, 6.45) is 0.848. The predicted molar refractivity (Wildman–Crippen MR) is 54.9 cm³/mol. The van der Waals surface area contributed by atoms with Crippen LogP contribution in [0, 0.1) is 0 Å². The maximum Gasteiger partial charge on any atom is 0.463 e. The summed E-state index contributed by atoms with van der Waals surface area (Å²) in [7, 11) is -2.59. The van der Waals surface area contributed by atoms with E-state index in [4.69, 9.17) is 8.85 Å². The molecule has 0 aliphatic rings. The van der Waals surface area contributed by atoms with Gasteiger partial charge in [0.1, 0.15) is 0 Å². The summed E-state index contributed by atoms with van der Waals surface area (Å²) in [6, 6.07) is 1.28. The fraction of sp³-hybridized carbons (Fsp3) is 0.778. The highest BCUT2D eigenvalue weighted by atomic mass is 28.4. The van der Waals surface area contributed by atoms with Gasteiger partial charge in [0.15, 0.2) is 0 Å². The third-order valence-corrected chi connectivity index (χ3v) is 5.49. The van der Waals surface area contributed by atoms with Crippen molar-refractivity contribution in [2.75, 3.05) is 0 Å². The molecule has 0 N–H and O–H groups in total. The molecule has 0 aliphatic heterocycles. The number of hydrogen-bond acceptors (Lipinski definition) is 4. The normalized spacial score (nSPS) is 10.9. The van der Waals surface area contributed by atoms with Crippen molar-refractivity contribution in [2.45, 2.75) is 46.2 Å². The Kier molecular flexibility index (Phi) is 5.45. The summed E-state index contributed by atoms with van der Waals surface area (Å²) < 4.78 is 10.4. The van der Waals surface area contributed by atoms with Crippen molar-refractivity contribution >= 4 is 20.5 Å². The van der Waals surface area contributed by atoms with Crippen LogP contribution in [-0.2, 0) is 18.4 Å². The first-order valence-electron chi connectivity index (χ1n) is 4.85. The second-order valence-electron chi connectivity index (χ2n) is 3.20. The minimum absolute atomic E-state index is 0.367. The minimum Gasteiger partial charge on any atom is -0.485 e. The highest BCUT2D eigenvalue weighted by molar-refractivity contribution is 6.70. The highest BCUT2D eigenvalue weighted by Gasteiger charge is 2.40. The summed E-state index contributed by atoms with van der Waals surface area (Å²) in [5.74, 6) is -0.735. The molecule has 0 spiro atoms. The topological polar surface area (TPSA) is 52.6 Å². The first kappa shape index (κ1) is 13.2. The lowest BCUT2D eigenvalue weighted by atomic mass is 10.6. The van der Waals surface area contributed by atoms with Crippen LogP contribution in [0.25, 0.3) is 0 Å². The third-order valence-electron chi connectivity index (χ3n) is 1.83. The van der Waals surface area contributed by atoms with Gasteiger partial charge in [-0.1, -0.05) is 20.3 Å². The molecular weight excluding hydrogens is 200 g/mol. The quantitative estimate of drug-likeness (QED) is 0.662. The van der Waals surface area contributed by atoms with Crippen molar-refractivity contribution in [1.82, 2.24) is 0 Å². The second kappa shape index (κ2) is 5.80. The van der Waals surface area contributed by atoms with Crippen molar-refractivity contribution in [2.24, 2.45) is 0 Å². The van der Waals surface area contributed by atoms with E-state index in [1.54, 1.807) is 0 Å². The average Bonchev–Trinajstić information content (AvgIpc) is 2.02. The maximum absolute atomic E-state index is 10.9. The zero-order chi connectivity index (χ0) is 11.2. The van der Waals surface area contributed by atoms with Gasteiger partial charge in [-0.2, -0.15) is 0 Å². The van der Waals surface area contributed by atoms with Crippen LogP contribution in [0.1, 0.15) is 34.1 Å². The van der Waals surface area contributed by atoms with Crippen LogP contribution in [0.3, 0.4) is 0 Å². The fourth-order valence-electron chi connectivity index (χ4n) is 1.35. The van der Waals surface area contributed by atoms with E-state index in [1.165, 1.54) is 13.8 Å². The van der Waals surface area contributed by atoms with Gasteiger partial charge >= 0.3 is 8.56 Å². The van der Waals surface area contributed by atoms with Gasteiger partial charge in [0.2, 0.25) is 0 Å². The van der Waals surface area contributed by atoms with Crippen molar-refractivity contribution < 1.29 is 18.4 Å². The summed E-state index contributed by atoms with van der Waals surface area (Å²) in [5, 5.41) is 0. The molecule has 0 aliphatic carbocycles. The van der Waals surface area contributed by atoms with E-state index in [0.717, 1.165) is 6.42 Å². The predicted octanol–water partition coefficient (Wildman–Crippen LogP) is 1.98. The van der Waals surface area contributed by atoms with Gasteiger partial charge in [0.05, 0.1) is 0 Å². The molecule has 14 heavy (non-hydrogen) atoms. The zero-order valence-electron chi connectivity index (χ0n) is 9.25. The number of carbonyl (C=O) groups is 2. The average molecular weight is 218 g/mol. The molecule has 82 valence electrons. The number of hydrogen-bond donors (Lipinski definition) is 0. The molecule has 0 amide bonds. The Bertz CT molecular complexity index is 199. The monoisotopic (exact) mass is 218 g/mol. The molecule has 0 fully saturated rings. The van der Waals surface area contributed by atoms with Crippen molar-refractivity contribution in [3.05, 3.63) is 0 Å². The van der Waals surface area contributed by atoms with E-state index in [1.807, 2.05) is 13.8 Å². The van der Waals surface area contributed by atoms with Gasteiger partial charge in [-0.05, 0) is 0 Å². The molecule has 0 saturated heterocycles. The van der Waals surface area contributed by atoms with Crippen LogP contribution < -0.4 is 0 Å². The summed E-state index contributed by atoms with van der Waals surface area (Å²) in [6.45, 7) is 6.55. The first-order valence-corrected chi connectivity index (χ1v) is 7.08. The summed E-state index contributed by atoms with van der Waals surface area (Å²) in [5.41, 5.74) is 0. The van der Waals surface area contributed by atoms with Crippen molar-refractivity contribution in [1.29, 1.82) is 0 Å². The number of rotatable bonds is 5. The lowest BCUT2D eigenvalue weighted by Gasteiger charge is -2.27. The van der Waals surface area contributed by atoms with Crippen molar-refractivity contribution in [3.63, 3.8) is 0 Å². The Morgan fingerprint density at radius 2 is 1.50 bits per heavy atom. The molecule has 5 heteroatoms. The molecule has 0 aromatic heterocycles. The summed E-state index contributed by atoms with van der Waals surface area (Å²) >= 11 is 0. The molecule has 0 aromatic carbocycles. The molecule has 0 radical (unpaired) electrons. The molecule has 0 unspecified atom stereocenters. The van der Waals surface area contributed by atoms with Gasteiger partial charge in [0.25, 0.3) is 11.9 Å². The van der Waals surface area contributed by atoms with Crippen LogP contribution in [0.4, 0.5) is 0 Å². The zero-order valence-corrected chi connectivity index (χ0v) is 10.3. The standard InChI is InChI=1S/C9H18O4Si/c1-5-7-14(6-2,12-8(3)10)13-9(4)11/h5-7H2,1-4H3. The van der Waals surface area contributed by atoms with E-state index in [2.05, 4.69) is 0 Å². The number of carbonyl (C=O) groups excluding carboxylic acids is 2. The fourth-order valence-corrected chi connectivity index (χ4v) is 4.05. The maximum atomic E-state index is 10.9. The molecule has 0 aromatic rings. The van der Waals surface area contributed by atoms with Gasteiger partial charge in [-0.3, -0.25) is 9.59 Å². The molecule has 0 saturated carbocycles. The molecule has 0 rings (SSSR count). The SMILES string of the molecule is CCC[Si](CC)(OC(C)=O)OC(C)=O. The molecule has 0 bridgehead atoms. The largest absolute Gasteiger partial charge is 0.485 e. The van der Waals surface area contributed by atoms with E-state index >= 15 is 0 Å². The third kappa shape index (κ3) is 4.41. The minimum atomic E-state index is -2.59. The lowest BCUT2D eigenvalue weighted by Crippen LogP contribution is -2.44. The smallest absolute Gasteiger partial charge is 0.463 e. The van der Waals surface area contributed by atoms with E-state index in [9.17, 15) is 9.59 Å². The van der Waals surface area contributed by atoms with Crippen LogP contribution in [-0.4, -0.2) is 20.5 Å². The van der Waals surface area contributed by atoms with Gasteiger partial charge in [-0.15, -0.1) is 0 Å². The Balaban J connectivity index is 4.58. The Morgan fingerprint density at radius 3 is 1.71 bits per heavy atom. The molecule has 0 atom stereocenters. The summed E-state index contributed by atoms with van der Waals surface area (Å²) in [4.78, 5) is 21.8. The second-order valence-corrected chi connectivity index (χ2v) is 6.64. The molecular formula is C9H18O4Si. The Labute approximate surface area is 85.8 Å². The van der Waals surface area contributed by atoms with Crippen LogP contribution >= 0.6 is 0 Å².